The lowest BCUT2D eigenvalue weighted by molar-refractivity contribution is -0.150. The first-order valence-corrected chi connectivity index (χ1v) is 8.61. The van der Waals surface area contributed by atoms with Gasteiger partial charge in [0, 0.05) is 0 Å². The molecule has 1 aromatic carbocycles. The molecule has 1 amide bonds. The molecule has 8 heteroatoms. The Kier molecular flexibility index (Phi) is 5.50. The lowest BCUT2D eigenvalue weighted by Crippen LogP contribution is -2.41. The molecule has 1 N–H and O–H groups in total. The van der Waals surface area contributed by atoms with Crippen molar-refractivity contribution in [3.05, 3.63) is 41.4 Å². The molecule has 7 nitrogen and oxygen atoms in total. The van der Waals surface area contributed by atoms with Crippen LogP contribution in [0.5, 0.6) is 0 Å². The third kappa shape index (κ3) is 4.36. The lowest BCUT2D eigenvalue weighted by Gasteiger charge is -2.22. The molecular weight excluding hydrogens is 328 g/mol. The first-order valence-electron chi connectivity index (χ1n) is 7.73. The number of hydrogen-bond acceptors (Lipinski definition) is 7. The Bertz CT molecular complexity index is 678. The zero-order chi connectivity index (χ0) is 16.8. The zero-order valence-electron chi connectivity index (χ0n) is 13.1. The van der Waals surface area contributed by atoms with Gasteiger partial charge in [0.05, 0.1) is 6.54 Å². The number of amides is 1. The summed E-state index contributed by atoms with van der Waals surface area (Å²) in [6, 6.07) is 9.19. The predicted octanol–water partition coefficient (Wildman–Crippen LogP) is 1.68. The molecule has 24 heavy (non-hydrogen) atoms. The Morgan fingerprint density at radius 1 is 1.33 bits per heavy atom. The second kappa shape index (κ2) is 7.98. The molecule has 2 heterocycles. The van der Waals surface area contributed by atoms with E-state index in [1.165, 1.54) is 11.3 Å². The van der Waals surface area contributed by atoms with Crippen molar-refractivity contribution in [1.82, 2.24) is 15.1 Å². The van der Waals surface area contributed by atoms with Crippen molar-refractivity contribution in [2.75, 3.05) is 18.4 Å². The van der Waals surface area contributed by atoms with Gasteiger partial charge in [0.2, 0.25) is 11.0 Å². The van der Waals surface area contributed by atoms with E-state index in [-0.39, 0.29) is 31.1 Å². The number of carbonyl (C=O) groups is 2. The molecule has 0 spiro atoms. The lowest BCUT2D eigenvalue weighted by atomic mass is 10.2. The Balaban J connectivity index is 1.50. The maximum absolute atomic E-state index is 12.3. The van der Waals surface area contributed by atoms with Gasteiger partial charge in [-0.05, 0) is 24.9 Å². The highest BCUT2D eigenvalue weighted by atomic mass is 32.1. The first-order chi connectivity index (χ1) is 11.7. The van der Waals surface area contributed by atoms with Gasteiger partial charge in [-0.15, -0.1) is 10.2 Å². The van der Waals surface area contributed by atoms with Gasteiger partial charge in [-0.25, -0.2) is 0 Å². The van der Waals surface area contributed by atoms with Crippen molar-refractivity contribution in [2.45, 2.75) is 25.5 Å². The summed E-state index contributed by atoms with van der Waals surface area (Å²) in [5, 5.41) is 10.6. The fourth-order valence-electron chi connectivity index (χ4n) is 2.68. The summed E-state index contributed by atoms with van der Waals surface area (Å²) in [7, 11) is 0. The van der Waals surface area contributed by atoms with Crippen molar-refractivity contribution in [3.8, 4) is 0 Å². The van der Waals surface area contributed by atoms with E-state index in [4.69, 9.17) is 4.74 Å². The summed E-state index contributed by atoms with van der Waals surface area (Å²) in [4.78, 5) is 26.2. The Labute approximate surface area is 143 Å². The fraction of sp³-hybridized carbons (Fsp3) is 0.375. The molecule has 1 aliphatic heterocycles. The van der Waals surface area contributed by atoms with Gasteiger partial charge in [0.15, 0.2) is 0 Å². The molecule has 3 rings (SSSR count). The highest BCUT2D eigenvalue weighted by Gasteiger charge is 2.33. The number of benzene rings is 1. The number of nitrogens with zero attached hydrogens (tertiary/aromatic N) is 3. The number of carbonyl (C=O) groups excluding carboxylic acids is 2. The Morgan fingerprint density at radius 2 is 2.17 bits per heavy atom. The minimum absolute atomic E-state index is 0.144. The molecular formula is C16H18N4O3S. The highest BCUT2D eigenvalue weighted by Crippen LogP contribution is 2.19. The van der Waals surface area contributed by atoms with E-state index in [1.54, 1.807) is 5.51 Å². The van der Waals surface area contributed by atoms with Crippen LogP contribution in [0.3, 0.4) is 0 Å². The van der Waals surface area contributed by atoms with Crippen LogP contribution in [0.1, 0.15) is 18.4 Å². The summed E-state index contributed by atoms with van der Waals surface area (Å²) in [6.45, 7) is 1.10. The third-order valence-corrected chi connectivity index (χ3v) is 4.42. The summed E-state index contributed by atoms with van der Waals surface area (Å²) in [5.41, 5.74) is 2.50. The quantitative estimate of drug-likeness (QED) is 0.801. The predicted molar refractivity (Wildman–Crippen MR) is 89.4 cm³/mol. The number of likely N-dealkylation sites (tertiary alicyclic amines) is 1. The summed E-state index contributed by atoms with van der Waals surface area (Å²) in [5.74, 6) is -0.477. The molecule has 0 saturated carbocycles. The van der Waals surface area contributed by atoms with E-state index < -0.39 is 0 Å². The number of nitrogens with one attached hydrogen (secondary N) is 1. The van der Waals surface area contributed by atoms with Crippen molar-refractivity contribution in [1.29, 1.82) is 0 Å². The van der Waals surface area contributed by atoms with Crippen LogP contribution < -0.4 is 5.32 Å². The zero-order valence-corrected chi connectivity index (χ0v) is 13.9. The Morgan fingerprint density at radius 3 is 2.92 bits per heavy atom. The standard InChI is InChI=1S/C16H18N4O3S/c21-14(18-16-19-17-11-24-16)9-20-8-4-7-13(20)15(22)23-10-12-5-2-1-3-6-12/h1-3,5-6,11,13H,4,7-10H2,(H,18,19,21)/t13-/m0/s1. The second-order valence-electron chi connectivity index (χ2n) is 5.51. The van der Waals surface area contributed by atoms with Crippen LogP contribution in [0.4, 0.5) is 5.13 Å². The normalized spacial score (nSPS) is 17.6. The number of anilines is 1. The minimum Gasteiger partial charge on any atom is -0.460 e. The molecule has 0 unspecified atom stereocenters. The van der Waals surface area contributed by atoms with Gasteiger partial charge < -0.3 is 4.74 Å². The highest BCUT2D eigenvalue weighted by molar-refractivity contribution is 7.13. The van der Waals surface area contributed by atoms with Crippen molar-refractivity contribution < 1.29 is 14.3 Å². The summed E-state index contributed by atoms with van der Waals surface area (Å²) in [6.07, 6.45) is 1.58. The van der Waals surface area contributed by atoms with E-state index in [0.29, 0.717) is 18.1 Å². The number of ether oxygens (including phenoxy) is 1. The van der Waals surface area contributed by atoms with Gasteiger partial charge in [0.1, 0.15) is 18.2 Å². The Hall–Kier alpha value is -2.32. The van der Waals surface area contributed by atoms with E-state index in [2.05, 4.69) is 15.5 Å². The molecule has 0 radical (unpaired) electrons. The molecule has 126 valence electrons. The van der Waals surface area contributed by atoms with Crippen molar-refractivity contribution in [2.24, 2.45) is 0 Å². The smallest absolute Gasteiger partial charge is 0.323 e. The van der Waals surface area contributed by atoms with Crippen LogP contribution in [0.25, 0.3) is 0 Å². The van der Waals surface area contributed by atoms with Gasteiger partial charge in [-0.3, -0.25) is 19.8 Å². The molecule has 0 bridgehead atoms. The maximum Gasteiger partial charge on any atom is 0.323 e. The molecule has 1 fully saturated rings. The van der Waals surface area contributed by atoms with Gasteiger partial charge in [-0.2, -0.15) is 0 Å². The van der Waals surface area contributed by atoms with Crippen molar-refractivity contribution >= 4 is 28.3 Å². The van der Waals surface area contributed by atoms with E-state index in [1.807, 2.05) is 35.2 Å². The largest absolute Gasteiger partial charge is 0.460 e. The van der Waals surface area contributed by atoms with E-state index in [9.17, 15) is 9.59 Å². The fourth-order valence-corrected chi connectivity index (χ4v) is 3.14. The van der Waals surface area contributed by atoms with E-state index >= 15 is 0 Å². The van der Waals surface area contributed by atoms with E-state index in [0.717, 1.165) is 12.0 Å². The molecule has 1 aliphatic rings. The average Bonchev–Trinajstić information content (AvgIpc) is 3.25. The van der Waals surface area contributed by atoms with Crippen LogP contribution in [-0.2, 0) is 20.9 Å². The summed E-state index contributed by atoms with van der Waals surface area (Å²) >= 11 is 1.26. The molecule has 2 aromatic rings. The van der Waals surface area contributed by atoms with Crippen LogP contribution in [0.2, 0.25) is 0 Å². The summed E-state index contributed by atoms with van der Waals surface area (Å²) < 4.78 is 5.40. The second-order valence-corrected chi connectivity index (χ2v) is 6.35. The first kappa shape index (κ1) is 16.5. The SMILES string of the molecule is O=C(CN1CCC[C@H]1C(=O)OCc1ccccc1)Nc1nncs1. The number of esters is 1. The number of aromatic nitrogens is 2. The van der Waals surface area contributed by atoms with Crippen LogP contribution >= 0.6 is 11.3 Å². The topological polar surface area (TPSA) is 84.4 Å². The maximum atomic E-state index is 12.3. The minimum atomic E-state index is -0.367. The monoisotopic (exact) mass is 346 g/mol. The van der Waals surface area contributed by atoms with Gasteiger partial charge >= 0.3 is 5.97 Å². The van der Waals surface area contributed by atoms with Gasteiger partial charge in [0.25, 0.3) is 0 Å². The molecule has 1 aromatic heterocycles. The third-order valence-electron chi connectivity index (χ3n) is 3.81. The average molecular weight is 346 g/mol. The molecule has 0 aliphatic carbocycles. The van der Waals surface area contributed by atoms with Gasteiger partial charge in [-0.1, -0.05) is 41.7 Å². The number of rotatable bonds is 6. The van der Waals surface area contributed by atoms with Crippen molar-refractivity contribution in [3.63, 3.8) is 0 Å². The van der Waals surface area contributed by atoms with Crippen LogP contribution in [0, 0.1) is 0 Å². The van der Waals surface area contributed by atoms with Crippen LogP contribution in [0.15, 0.2) is 35.8 Å². The van der Waals surface area contributed by atoms with Crippen LogP contribution in [-0.4, -0.2) is 46.1 Å². The molecule has 1 saturated heterocycles. The molecule has 1 atom stereocenters. The number of hydrogen-bond donors (Lipinski definition) is 1.